The normalized spacial score (nSPS) is 17.9. The minimum Gasteiger partial charge on any atom is -0.354 e. The maximum absolute atomic E-state index is 12.2. The van der Waals surface area contributed by atoms with E-state index in [1.165, 1.54) is 4.90 Å². The van der Waals surface area contributed by atoms with Crippen molar-refractivity contribution in [1.29, 1.82) is 0 Å². The molecule has 3 N–H and O–H groups in total. The number of rotatable bonds is 4. The summed E-state index contributed by atoms with van der Waals surface area (Å²) in [6.07, 6.45) is 0.168. The van der Waals surface area contributed by atoms with Crippen LogP contribution in [-0.2, 0) is 9.59 Å². The van der Waals surface area contributed by atoms with Gasteiger partial charge in [-0.2, -0.15) is 0 Å². The summed E-state index contributed by atoms with van der Waals surface area (Å²) in [4.78, 5) is 25.8. The number of nitrogens with zero attached hydrogens (tertiary/aromatic N) is 1. The van der Waals surface area contributed by atoms with Gasteiger partial charge in [0.25, 0.3) is 0 Å². The third-order valence-corrected chi connectivity index (χ3v) is 3.81. The topological polar surface area (TPSA) is 75.4 Å². The number of hydrogen-bond donors (Lipinski definition) is 2. The molecule has 128 valence electrons. The Morgan fingerprint density at radius 2 is 1.91 bits per heavy atom. The van der Waals surface area contributed by atoms with Gasteiger partial charge in [-0.25, -0.2) is 0 Å². The first-order valence-electron chi connectivity index (χ1n) is 6.99. The van der Waals surface area contributed by atoms with E-state index in [9.17, 15) is 9.59 Å². The van der Waals surface area contributed by atoms with Crippen LogP contribution in [-0.4, -0.2) is 30.4 Å². The molecule has 1 aliphatic heterocycles. The molecular weight excluding hydrogens is 361 g/mol. The zero-order valence-electron chi connectivity index (χ0n) is 12.9. The Balaban J connectivity index is 0.00000264. The van der Waals surface area contributed by atoms with E-state index in [2.05, 4.69) is 5.32 Å². The zero-order valence-corrected chi connectivity index (χ0v) is 15.3. The number of nitrogens with two attached hydrogens (primary N) is 1. The van der Waals surface area contributed by atoms with Crippen molar-refractivity contribution in [2.75, 3.05) is 18.0 Å². The lowest BCUT2D eigenvalue weighted by Gasteiger charge is -2.21. The molecule has 1 heterocycles. The molecule has 1 saturated heterocycles. The molecule has 1 aliphatic rings. The molecule has 0 saturated carbocycles. The van der Waals surface area contributed by atoms with Crippen LogP contribution in [0.4, 0.5) is 5.69 Å². The van der Waals surface area contributed by atoms with E-state index >= 15 is 0 Å². The summed E-state index contributed by atoms with van der Waals surface area (Å²) >= 11 is 11.9. The van der Waals surface area contributed by atoms with E-state index in [4.69, 9.17) is 28.9 Å². The van der Waals surface area contributed by atoms with Crippen molar-refractivity contribution in [1.82, 2.24) is 5.32 Å². The van der Waals surface area contributed by atoms with Gasteiger partial charge in [0, 0.05) is 40.8 Å². The van der Waals surface area contributed by atoms with Crippen molar-refractivity contribution >= 4 is 53.1 Å². The molecule has 1 aromatic carbocycles. The SMILES string of the molecule is CC(C)(N)CNC(=O)C1CC(=O)N(c2cc(Cl)cc(Cl)c2)C1.Cl. The number of halogens is 3. The number of benzene rings is 1. The number of carbonyl (C=O) groups excluding carboxylic acids is 2. The molecule has 23 heavy (non-hydrogen) atoms. The van der Waals surface area contributed by atoms with Gasteiger partial charge in [-0.3, -0.25) is 9.59 Å². The third kappa shape index (κ3) is 5.53. The molecule has 5 nitrogen and oxygen atoms in total. The van der Waals surface area contributed by atoms with Crippen LogP contribution < -0.4 is 16.0 Å². The zero-order chi connectivity index (χ0) is 16.5. The first-order chi connectivity index (χ1) is 10.2. The van der Waals surface area contributed by atoms with Crippen LogP contribution in [0.2, 0.25) is 10.0 Å². The van der Waals surface area contributed by atoms with Gasteiger partial charge < -0.3 is 16.0 Å². The lowest BCUT2D eigenvalue weighted by Crippen LogP contribution is -2.46. The minimum absolute atomic E-state index is 0. The highest BCUT2D eigenvalue weighted by molar-refractivity contribution is 6.35. The summed E-state index contributed by atoms with van der Waals surface area (Å²) in [6.45, 7) is 4.33. The van der Waals surface area contributed by atoms with Crippen LogP contribution in [0.5, 0.6) is 0 Å². The Morgan fingerprint density at radius 1 is 1.35 bits per heavy atom. The van der Waals surface area contributed by atoms with Crippen molar-refractivity contribution in [3.8, 4) is 0 Å². The Morgan fingerprint density at radius 3 is 2.43 bits per heavy atom. The highest BCUT2D eigenvalue weighted by Crippen LogP contribution is 2.30. The van der Waals surface area contributed by atoms with Gasteiger partial charge >= 0.3 is 0 Å². The van der Waals surface area contributed by atoms with Crippen molar-refractivity contribution in [2.24, 2.45) is 11.7 Å². The molecule has 2 rings (SSSR count). The van der Waals surface area contributed by atoms with Gasteiger partial charge in [-0.05, 0) is 32.0 Å². The highest BCUT2D eigenvalue weighted by Gasteiger charge is 2.35. The second-order valence-corrected chi connectivity index (χ2v) is 7.11. The van der Waals surface area contributed by atoms with E-state index in [-0.39, 0.29) is 30.6 Å². The van der Waals surface area contributed by atoms with Gasteiger partial charge in [-0.1, -0.05) is 23.2 Å². The fraction of sp³-hybridized carbons (Fsp3) is 0.467. The lowest BCUT2D eigenvalue weighted by molar-refractivity contribution is -0.126. The van der Waals surface area contributed by atoms with Crippen molar-refractivity contribution in [2.45, 2.75) is 25.8 Å². The van der Waals surface area contributed by atoms with Crippen LogP contribution in [0.15, 0.2) is 18.2 Å². The summed E-state index contributed by atoms with van der Waals surface area (Å²) in [7, 11) is 0. The molecule has 2 amide bonds. The standard InChI is InChI=1S/C15H19Cl2N3O2.ClH/c1-15(2,18)8-19-14(22)9-3-13(21)20(7-9)12-5-10(16)4-11(17)6-12;/h4-6,9H,3,7-8,18H2,1-2H3,(H,19,22);1H. The number of carbonyl (C=O) groups is 2. The Kier molecular flexibility index (Phi) is 6.71. The number of hydrogen-bond acceptors (Lipinski definition) is 3. The van der Waals surface area contributed by atoms with E-state index in [0.29, 0.717) is 28.8 Å². The van der Waals surface area contributed by atoms with Gasteiger partial charge in [0.1, 0.15) is 0 Å². The molecule has 1 aromatic rings. The van der Waals surface area contributed by atoms with Crippen LogP contribution in [0, 0.1) is 5.92 Å². The van der Waals surface area contributed by atoms with Crippen LogP contribution in [0.1, 0.15) is 20.3 Å². The Bertz CT molecular complexity index is 582. The molecule has 0 aromatic heterocycles. The van der Waals surface area contributed by atoms with Crippen LogP contribution in [0.3, 0.4) is 0 Å². The van der Waals surface area contributed by atoms with Crippen LogP contribution >= 0.6 is 35.6 Å². The molecule has 0 spiro atoms. The monoisotopic (exact) mass is 379 g/mol. The smallest absolute Gasteiger partial charge is 0.227 e. The lowest BCUT2D eigenvalue weighted by atomic mass is 10.1. The summed E-state index contributed by atoms with van der Waals surface area (Å²) in [5, 5.41) is 3.69. The van der Waals surface area contributed by atoms with Gasteiger partial charge in [0.2, 0.25) is 11.8 Å². The van der Waals surface area contributed by atoms with E-state index in [1.54, 1.807) is 18.2 Å². The number of nitrogens with one attached hydrogen (secondary N) is 1. The Hall–Kier alpha value is -1.01. The van der Waals surface area contributed by atoms with E-state index < -0.39 is 11.5 Å². The van der Waals surface area contributed by atoms with Gasteiger partial charge in [0.05, 0.1) is 5.92 Å². The van der Waals surface area contributed by atoms with E-state index in [0.717, 1.165) is 0 Å². The first-order valence-corrected chi connectivity index (χ1v) is 7.74. The maximum atomic E-state index is 12.2. The summed E-state index contributed by atoms with van der Waals surface area (Å²) in [5.74, 6) is -0.680. The quantitative estimate of drug-likeness (QED) is 0.843. The van der Waals surface area contributed by atoms with Crippen molar-refractivity contribution in [3.63, 3.8) is 0 Å². The largest absolute Gasteiger partial charge is 0.354 e. The predicted octanol–water partition coefficient (Wildman–Crippen LogP) is 2.62. The summed E-state index contributed by atoms with van der Waals surface area (Å²) in [5.41, 5.74) is 5.96. The maximum Gasteiger partial charge on any atom is 0.227 e. The molecule has 1 unspecified atom stereocenters. The summed E-state index contributed by atoms with van der Waals surface area (Å²) in [6, 6.07) is 4.92. The summed E-state index contributed by atoms with van der Waals surface area (Å²) < 4.78 is 0. The van der Waals surface area contributed by atoms with Gasteiger partial charge in [-0.15, -0.1) is 12.4 Å². The predicted molar refractivity (Wildman–Crippen MR) is 95.4 cm³/mol. The molecule has 8 heteroatoms. The molecular formula is C15H20Cl3N3O2. The minimum atomic E-state index is -0.488. The average Bonchev–Trinajstić information content (AvgIpc) is 2.76. The van der Waals surface area contributed by atoms with E-state index in [1.807, 2.05) is 13.8 Å². The first kappa shape index (κ1) is 20.0. The second kappa shape index (κ2) is 7.71. The Labute approximate surface area is 151 Å². The van der Waals surface area contributed by atoms with Crippen molar-refractivity contribution < 1.29 is 9.59 Å². The van der Waals surface area contributed by atoms with Crippen LogP contribution in [0.25, 0.3) is 0 Å². The number of amides is 2. The van der Waals surface area contributed by atoms with Crippen molar-refractivity contribution in [3.05, 3.63) is 28.2 Å². The fourth-order valence-electron chi connectivity index (χ4n) is 2.29. The average molecular weight is 381 g/mol. The molecule has 0 radical (unpaired) electrons. The molecule has 0 bridgehead atoms. The second-order valence-electron chi connectivity index (χ2n) is 6.24. The molecule has 1 fully saturated rings. The molecule has 0 aliphatic carbocycles. The third-order valence-electron chi connectivity index (χ3n) is 3.37. The number of anilines is 1. The molecule has 1 atom stereocenters. The highest BCUT2D eigenvalue weighted by atomic mass is 35.5. The fourth-order valence-corrected chi connectivity index (χ4v) is 2.80. The van der Waals surface area contributed by atoms with Gasteiger partial charge in [0.15, 0.2) is 0 Å².